The quantitative estimate of drug-likeness (QED) is 0.571. The molecule has 1 amide bonds. The van der Waals surface area contributed by atoms with Crippen molar-refractivity contribution in [3.8, 4) is 0 Å². The molecule has 1 aromatic heterocycles. The molecule has 0 unspecified atom stereocenters. The lowest BCUT2D eigenvalue weighted by Crippen LogP contribution is -2.50. The minimum atomic E-state index is 0. The molecule has 6 saturated carbocycles. The first-order valence-electron chi connectivity index (χ1n) is 12.7. The van der Waals surface area contributed by atoms with Crippen molar-refractivity contribution in [1.82, 2.24) is 9.88 Å². The Labute approximate surface area is 196 Å². The van der Waals surface area contributed by atoms with Gasteiger partial charge < -0.3 is 9.88 Å². The van der Waals surface area contributed by atoms with Gasteiger partial charge >= 0.3 is 0 Å². The Balaban J connectivity index is 0.00000204. The highest BCUT2D eigenvalue weighted by molar-refractivity contribution is 7.07. The van der Waals surface area contributed by atoms with Gasteiger partial charge in [-0.1, -0.05) is 25.7 Å². The van der Waals surface area contributed by atoms with E-state index in [1.54, 1.807) is 11.3 Å². The smallest absolute Gasteiger partial charge is 0.226 e. The zero-order valence-electron chi connectivity index (χ0n) is 18.7. The molecule has 172 valence electrons. The molecule has 0 atom stereocenters. The fourth-order valence-corrected chi connectivity index (χ4v) is 8.62. The predicted molar refractivity (Wildman–Crippen MR) is 128 cm³/mol. The average Bonchev–Trinajstić information content (AvgIpc) is 3.48. The van der Waals surface area contributed by atoms with E-state index >= 15 is 0 Å². The van der Waals surface area contributed by atoms with Gasteiger partial charge in [-0.2, -0.15) is 0 Å². The number of nitrogens with one attached hydrogen (secondary N) is 1. The van der Waals surface area contributed by atoms with Crippen LogP contribution in [0.25, 0.3) is 0 Å². The van der Waals surface area contributed by atoms with E-state index in [0.29, 0.717) is 18.5 Å². The van der Waals surface area contributed by atoms with Crippen LogP contribution < -0.4 is 10.1 Å². The van der Waals surface area contributed by atoms with Crippen molar-refractivity contribution >= 4 is 29.7 Å². The number of aromatic nitrogens is 1. The Bertz CT molecular complexity index is 827. The molecule has 6 heteroatoms. The molecule has 1 aromatic rings. The number of rotatable bonds is 5. The van der Waals surface area contributed by atoms with Crippen molar-refractivity contribution in [3.63, 3.8) is 0 Å². The molecule has 7 rings (SSSR count). The summed E-state index contributed by atoms with van der Waals surface area (Å²) in [5.74, 6) is 3.01. The maximum Gasteiger partial charge on any atom is 0.226 e. The van der Waals surface area contributed by atoms with Crippen LogP contribution in [0.5, 0.6) is 0 Å². The molecule has 0 aromatic carbocycles. The summed E-state index contributed by atoms with van der Waals surface area (Å²) >= 11 is 1.80. The minimum Gasteiger partial charge on any atom is -0.353 e. The lowest BCUT2D eigenvalue weighted by molar-refractivity contribution is -0.121. The summed E-state index contributed by atoms with van der Waals surface area (Å²) in [5.41, 5.74) is 1.42. The summed E-state index contributed by atoms with van der Waals surface area (Å²) in [5, 5.41) is 5.59. The van der Waals surface area contributed by atoms with E-state index in [2.05, 4.69) is 15.3 Å². The molecule has 0 spiro atoms. The van der Waals surface area contributed by atoms with Crippen molar-refractivity contribution in [2.75, 3.05) is 0 Å². The third-order valence-electron chi connectivity index (χ3n) is 8.63. The number of carbonyl (C=O) groups excluding carboxylic acids is 1. The summed E-state index contributed by atoms with van der Waals surface area (Å²) < 4.78 is 2.47. The van der Waals surface area contributed by atoms with Crippen molar-refractivity contribution in [3.05, 3.63) is 15.9 Å². The first kappa shape index (κ1) is 22.0. The van der Waals surface area contributed by atoms with Gasteiger partial charge in [0.25, 0.3) is 0 Å². The molecular weight excluding hydrogens is 426 g/mol. The summed E-state index contributed by atoms with van der Waals surface area (Å²) in [6.07, 6.45) is 18.9. The molecule has 6 fully saturated rings. The second-order valence-electron chi connectivity index (χ2n) is 11.3. The van der Waals surface area contributed by atoms with Gasteiger partial charge in [-0.15, -0.1) is 23.7 Å². The number of carbonyl (C=O) groups is 1. The van der Waals surface area contributed by atoms with Crippen molar-refractivity contribution in [2.45, 2.75) is 114 Å². The largest absolute Gasteiger partial charge is 0.353 e. The minimum absolute atomic E-state index is 0. The summed E-state index contributed by atoms with van der Waals surface area (Å²) in [6, 6.07) is 0.980. The molecule has 31 heavy (non-hydrogen) atoms. The Kier molecular flexibility index (Phi) is 6.28. The van der Waals surface area contributed by atoms with Crippen LogP contribution in [0.4, 0.5) is 0 Å². The predicted octanol–water partition coefficient (Wildman–Crippen LogP) is 5.56. The normalized spacial score (nSPS) is 35.6. The molecular formula is C25H38ClN3OS. The fourth-order valence-electron chi connectivity index (χ4n) is 7.56. The van der Waals surface area contributed by atoms with Crippen LogP contribution in [0, 0.1) is 17.8 Å². The third kappa shape index (κ3) is 4.64. The van der Waals surface area contributed by atoms with E-state index in [1.165, 1.54) is 87.5 Å². The van der Waals surface area contributed by atoms with E-state index in [9.17, 15) is 4.79 Å². The van der Waals surface area contributed by atoms with Crippen LogP contribution in [0.2, 0.25) is 0 Å². The highest BCUT2D eigenvalue weighted by Crippen LogP contribution is 2.57. The van der Waals surface area contributed by atoms with E-state index in [4.69, 9.17) is 4.99 Å². The van der Waals surface area contributed by atoms with Gasteiger partial charge in [0.1, 0.15) is 0 Å². The number of hydrogen-bond donors (Lipinski definition) is 1. The van der Waals surface area contributed by atoms with Crippen LogP contribution >= 0.6 is 23.7 Å². The zero-order chi connectivity index (χ0) is 20.1. The number of nitrogens with zero attached hydrogens (tertiary/aromatic N) is 2. The van der Waals surface area contributed by atoms with Crippen molar-refractivity contribution in [1.29, 1.82) is 0 Å². The van der Waals surface area contributed by atoms with Gasteiger partial charge in [0.05, 0.1) is 12.0 Å². The number of amides is 1. The monoisotopic (exact) mass is 463 g/mol. The standard InChI is InChI=1S/C25H37N3OS.ClH/c29-23(26-20-5-3-1-2-4-6-20)12-22-16-30-24(28(22)21-7-8-21)27-25-13-17-9-18(14-25)11-19(10-17)15-25;/h16-21H,1-15H2,(H,26,29);1H. The van der Waals surface area contributed by atoms with Gasteiger partial charge in [-0.3, -0.25) is 9.79 Å². The summed E-state index contributed by atoms with van der Waals surface area (Å²) in [7, 11) is 0. The molecule has 6 aliphatic rings. The lowest BCUT2D eigenvalue weighted by atomic mass is 9.53. The van der Waals surface area contributed by atoms with Crippen LogP contribution in [0.15, 0.2) is 10.4 Å². The summed E-state index contributed by atoms with van der Waals surface area (Å²) in [4.78, 5) is 19.6. The van der Waals surface area contributed by atoms with Crippen molar-refractivity contribution < 1.29 is 4.79 Å². The number of hydrogen-bond acceptors (Lipinski definition) is 3. The zero-order valence-corrected chi connectivity index (χ0v) is 20.3. The highest BCUT2D eigenvalue weighted by atomic mass is 35.5. The SMILES string of the molecule is Cl.O=C(Cc1csc(=NC23CC4CC(CC(C4)C2)C3)n1C1CC1)NC1CCCCCC1. The topological polar surface area (TPSA) is 46.4 Å². The van der Waals surface area contributed by atoms with Gasteiger partial charge in [0, 0.05) is 23.2 Å². The van der Waals surface area contributed by atoms with Gasteiger partial charge in [-0.05, 0) is 82.0 Å². The Morgan fingerprint density at radius 3 is 2.19 bits per heavy atom. The second kappa shape index (κ2) is 8.85. The van der Waals surface area contributed by atoms with Crippen LogP contribution in [-0.4, -0.2) is 22.1 Å². The van der Waals surface area contributed by atoms with E-state index < -0.39 is 0 Å². The van der Waals surface area contributed by atoms with Crippen molar-refractivity contribution in [2.24, 2.45) is 22.7 Å². The molecule has 1 N–H and O–H groups in total. The molecule has 0 radical (unpaired) electrons. The summed E-state index contributed by atoms with van der Waals surface area (Å²) in [6.45, 7) is 0. The van der Waals surface area contributed by atoms with E-state index in [-0.39, 0.29) is 23.9 Å². The van der Waals surface area contributed by atoms with Gasteiger partial charge in [0.15, 0.2) is 4.80 Å². The van der Waals surface area contributed by atoms with Crippen LogP contribution in [-0.2, 0) is 11.2 Å². The molecule has 4 bridgehead atoms. The fraction of sp³-hybridized carbons (Fsp3) is 0.840. The molecule has 0 saturated heterocycles. The van der Waals surface area contributed by atoms with Crippen LogP contribution in [0.1, 0.15) is 102 Å². The molecule has 1 heterocycles. The highest BCUT2D eigenvalue weighted by Gasteiger charge is 2.51. The maximum absolute atomic E-state index is 12.9. The van der Waals surface area contributed by atoms with E-state index in [1.807, 2.05) is 0 Å². The number of thiazole rings is 1. The molecule has 4 nitrogen and oxygen atoms in total. The number of halogens is 1. The first-order chi connectivity index (χ1) is 14.7. The maximum atomic E-state index is 12.9. The van der Waals surface area contributed by atoms with Gasteiger partial charge in [0.2, 0.25) is 5.91 Å². The first-order valence-corrected chi connectivity index (χ1v) is 13.6. The van der Waals surface area contributed by atoms with E-state index in [0.717, 1.165) is 30.6 Å². The Morgan fingerprint density at radius 1 is 1.00 bits per heavy atom. The van der Waals surface area contributed by atoms with Crippen LogP contribution in [0.3, 0.4) is 0 Å². The molecule has 0 aliphatic heterocycles. The second-order valence-corrected chi connectivity index (χ2v) is 12.1. The Morgan fingerprint density at radius 2 is 1.61 bits per heavy atom. The average molecular weight is 464 g/mol. The lowest BCUT2D eigenvalue weighted by Gasteiger charge is -2.54. The Hall–Kier alpha value is -0.810. The molecule has 6 aliphatic carbocycles. The third-order valence-corrected chi connectivity index (χ3v) is 9.52. The van der Waals surface area contributed by atoms with Gasteiger partial charge in [-0.25, -0.2) is 0 Å².